The molecule has 0 saturated carbocycles. The van der Waals surface area contributed by atoms with Gasteiger partial charge in [-0.2, -0.15) is 13.2 Å². The number of aliphatic hydroxyl groups is 1. The van der Waals surface area contributed by atoms with Crippen LogP contribution in [0.1, 0.15) is 24.9 Å². The Hall–Kier alpha value is -2.03. The van der Waals surface area contributed by atoms with Crippen LogP contribution in [0.3, 0.4) is 0 Å². The van der Waals surface area contributed by atoms with Gasteiger partial charge in [0.2, 0.25) is 17.4 Å². The average molecular weight is 334 g/mol. The molecule has 1 fully saturated rings. The van der Waals surface area contributed by atoms with Crippen LogP contribution in [-0.2, 0) is 15.2 Å². The van der Waals surface area contributed by atoms with Crippen molar-refractivity contribution in [1.29, 1.82) is 0 Å². The number of carbonyl (C=O) groups is 2. The summed E-state index contributed by atoms with van der Waals surface area (Å²) in [6, 6.07) is 1.86. The second-order valence-corrected chi connectivity index (χ2v) is 5.63. The van der Waals surface area contributed by atoms with Crippen LogP contribution in [0.2, 0.25) is 0 Å². The molecule has 1 aliphatic heterocycles. The molecule has 9 heteroatoms. The van der Waals surface area contributed by atoms with Crippen LogP contribution < -0.4 is 5.32 Å². The highest BCUT2D eigenvalue weighted by Crippen LogP contribution is 2.42. The predicted octanol–water partition coefficient (Wildman–Crippen LogP) is 1.07. The van der Waals surface area contributed by atoms with Crippen molar-refractivity contribution in [3.05, 3.63) is 23.7 Å². The molecule has 1 unspecified atom stereocenters. The second kappa shape index (κ2) is 5.88. The molecular weight excluding hydrogens is 317 g/mol. The van der Waals surface area contributed by atoms with Gasteiger partial charge in [-0.1, -0.05) is 0 Å². The van der Waals surface area contributed by atoms with Crippen LogP contribution in [-0.4, -0.2) is 47.1 Å². The van der Waals surface area contributed by atoms with Crippen LogP contribution in [0.15, 0.2) is 16.5 Å². The normalized spacial score (nSPS) is 18.3. The fraction of sp³-hybridized carbons (Fsp3) is 0.571. The number of hydrogen-bond acceptors (Lipinski definition) is 4. The Morgan fingerprint density at radius 1 is 1.39 bits per heavy atom. The fourth-order valence-corrected chi connectivity index (χ4v) is 2.32. The van der Waals surface area contributed by atoms with Crippen LogP contribution >= 0.6 is 0 Å². The molecule has 0 bridgehead atoms. The van der Waals surface area contributed by atoms with E-state index in [1.54, 1.807) is 0 Å². The molecule has 2 amide bonds. The first-order chi connectivity index (χ1) is 10.5. The SMILES string of the molecule is CC(=O)N1CC(NC(=O)CC(O)(c2ccc(C)o2)C(F)(F)F)C1. The molecule has 2 heterocycles. The Morgan fingerprint density at radius 3 is 2.43 bits per heavy atom. The molecule has 23 heavy (non-hydrogen) atoms. The predicted molar refractivity (Wildman–Crippen MR) is 72.2 cm³/mol. The van der Waals surface area contributed by atoms with Gasteiger partial charge in [0.25, 0.3) is 0 Å². The number of likely N-dealkylation sites (tertiary alicyclic amines) is 1. The fourth-order valence-electron chi connectivity index (χ4n) is 2.32. The highest BCUT2D eigenvalue weighted by atomic mass is 19.4. The van der Waals surface area contributed by atoms with Gasteiger partial charge in [0.1, 0.15) is 11.5 Å². The van der Waals surface area contributed by atoms with Crippen molar-refractivity contribution in [2.24, 2.45) is 0 Å². The molecular formula is C14H17F3N2O4. The minimum atomic E-state index is -5.07. The van der Waals surface area contributed by atoms with Gasteiger partial charge in [0.05, 0.1) is 12.5 Å². The number of alkyl halides is 3. The Bertz CT molecular complexity index is 607. The zero-order valence-electron chi connectivity index (χ0n) is 12.6. The Labute approximate surface area is 130 Å². The van der Waals surface area contributed by atoms with Crippen molar-refractivity contribution in [3.63, 3.8) is 0 Å². The number of nitrogens with zero attached hydrogens (tertiary/aromatic N) is 1. The van der Waals surface area contributed by atoms with Gasteiger partial charge in [-0.3, -0.25) is 9.59 Å². The number of amides is 2. The number of carbonyl (C=O) groups excluding carboxylic acids is 2. The highest BCUT2D eigenvalue weighted by Gasteiger charge is 2.58. The van der Waals surface area contributed by atoms with Gasteiger partial charge >= 0.3 is 6.18 Å². The lowest BCUT2D eigenvalue weighted by molar-refractivity contribution is -0.273. The molecule has 1 aromatic heterocycles. The number of furan rings is 1. The molecule has 0 aromatic carbocycles. The third-order valence-corrected chi connectivity index (χ3v) is 3.73. The third kappa shape index (κ3) is 3.49. The average Bonchev–Trinajstić information content (AvgIpc) is 2.78. The Morgan fingerprint density at radius 2 is 2.00 bits per heavy atom. The molecule has 0 aliphatic carbocycles. The Kier molecular flexibility index (Phi) is 4.43. The maximum Gasteiger partial charge on any atom is 0.425 e. The van der Waals surface area contributed by atoms with Crippen LogP contribution in [0.4, 0.5) is 13.2 Å². The van der Waals surface area contributed by atoms with Crippen molar-refractivity contribution in [2.45, 2.75) is 38.1 Å². The van der Waals surface area contributed by atoms with E-state index in [0.29, 0.717) is 0 Å². The number of rotatable bonds is 4. The molecule has 1 atom stereocenters. The lowest BCUT2D eigenvalue weighted by Gasteiger charge is -2.39. The summed E-state index contributed by atoms with van der Waals surface area (Å²) in [7, 11) is 0. The maximum absolute atomic E-state index is 13.2. The molecule has 0 radical (unpaired) electrons. The second-order valence-electron chi connectivity index (χ2n) is 5.63. The van der Waals surface area contributed by atoms with Gasteiger partial charge in [0, 0.05) is 20.0 Å². The van der Waals surface area contributed by atoms with Gasteiger partial charge in [-0.15, -0.1) is 0 Å². The molecule has 2 N–H and O–H groups in total. The van der Waals surface area contributed by atoms with Crippen molar-refractivity contribution >= 4 is 11.8 Å². The first-order valence-electron chi connectivity index (χ1n) is 6.94. The number of hydrogen-bond donors (Lipinski definition) is 2. The van der Waals surface area contributed by atoms with Crippen LogP contribution in [0.5, 0.6) is 0 Å². The zero-order chi connectivity index (χ0) is 17.4. The van der Waals surface area contributed by atoms with Crippen molar-refractivity contribution < 1.29 is 32.3 Å². The number of halogens is 3. The van der Waals surface area contributed by atoms with E-state index in [0.717, 1.165) is 6.07 Å². The van der Waals surface area contributed by atoms with Crippen molar-refractivity contribution in [2.75, 3.05) is 13.1 Å². The van der Waals surface area contributed by atoms with Crippen LogP contribution in [0.25, 0.3) is 0 Å². The highest BCUT2D eigenvalue weighted by molar-refractivity contribution is 5.79. The lowest BCUT2D eigenvalue weighted by Crippen LogP contribution is -2.61. The van der Waals surface area contributed by atoms with Gasteiger partial charge in [-0.05, 0) is 19.1 Å². The monoisotopic (exact) mass is 334 g/mol. The van der Waals surface area contributed by atoms with Crippen molar-refractivity contribution in [3.8, 4) is 0 Å². The van der Waals surface area contributed by atoms with E-state index < -0.39 is 35.9 Å². The van der Waals surface area contributed by atoms with Crippen LogP contribution in [0, 0.1) is 6.92 Å². The first-order valence-corrected chi connectivity index (χ1v) is 6.94. The smallest absolute Gasteiger partial charge is 0.425 e. The summed E-state index contributed by atoms with van der Waals surface area (Å²) >= 11 is 0. The first kappa shape index (κ1) is 17.3. The minimum Gasteiger partial charge on any atom is -0.463 e. The number of nitrogens with one attached hydrogen (secondary N) is 1. The third-order valence-electron chi connectivity index (χ3n) is 3.73. The van der Waals surface area contributed by atoms with E-state index in [9.17, 15) is 27.9 Å². The quantitative estimate of drug-likeness (QED) is 0.863. The molecule has 1 aliphatic rings. The lowest BCUT2D eigenvalue weighted by atomic mass is 9.94. The van der Waals surface area contributed by atoms with Gasteiger partial charge < -0.3 is 19.7 Å². The summed E-state index contributed by atoms with van der Waals surface area (Å²) in [5.41, 5.74) is -3.39. The molecule has 1 saturated heterocycles. The zero-order valence-corrected chi connectivity index (χ0v) is 12.6. The molecule has 0 spiro atoms. The summed E-state index contributed by atoms with van der Waals surface area (Å²) in [5, 5.41) is 12.4. The van der Waals surface area contributed by atoms with E-state index in [2.05, 4.69) is 5.32 Å². The van der Waals surface area contributed by atoms with E-state index in [1.165, 1.54) is 24.8 Å². The molecule has 128 valence electrons. The standard InChI is InChI=1S/C14H17F3N2O4/c1-8-3-4-11(23-8)13(22,14(15,16)17)5-12(21)18-10-6-19(7-10)9(2)20/h3-4,10,22H,5-7H2,1-2H3,(H,18,21). The van der Waals surface area contributed by atoms with Crippen molar-refractivity contribution in [1.82, 2.24) is 10.2 Å². The summed E-state index contributed by atoms with van der Waals surface area (Å²) < 4.78 is 44.5. The molecule has 6 nitrogen and oxygen atoms in total. The van der Waals surface area contributed by atoms with E-state index in [-0.39, 0.29) is 24.8 Å². The van der Waals surface area contributed by atoms with Gasteiger partial charge in [0.15, 0.2) is 0 Å². The summed E-state index contributed by atoms with van der Waals surface area (Å²) in [5.74, 6) is -1.67. The van der Waals surface area contributed by atoms with E-state index >= 15 is 0 Å². The topological polar surface area (TPSA) is 82.8 Å². The molecule has 1 aromatic rings. The summed E-state index contributed by atoms with van der Waals surface area (Å²) in [6.45, 7) is 3.28. The summed E-state index contributed by atoms with van der Waals surface area (Å²) in [6.07, 6.45) is -6.28. The van der Waals surface area contributed by atoms with E-state index in [4.69, 9.17) is 4.42 Å². The largest absolute Gasteiger partial charge is 0.463 e. The maximum atomic E-state index is 13.2. The van der Waals surface area contributed by atoms with Gasteiger partial charge in [-0.25, -0.2) is 0 Å². The summed E-state index contributed by atoms with van der Waals surface area (Å²) in [4.78, 5) is 24.3. The Balaban J connectivity index is 2.04. The number of aryl methyl sites for hydroxylation is 1. The molecule has 2 rings (SSSR count). The van der Waals surface area contributed by atoms with E-state index in [1.807, 2.05) is 0 Å². The minimum absolute atomic E-state index is 0.173.